The van der Waals surface area contributed by atoms with Gasteiger partial charge in [0.1, 0.15) is 0 Å². The summed E-state index contributed by atoms with van der Waals surface area (Å²) in [4.78, 5) is 1.41. The number of rotatable bonds is 1. The molecule has 5 heteroatoms. The third-order valence-corrected chi connectivity index (χ3v) is 3.30. The molecule has 0 spiro atoms. The van der Waals surface area contributed by atoms with E-state index in [0.717, 1.165) is 12.8 Å². The fourth-order valence-electron chi connectivity index (χ4n) is 2.71. The summed E-state index contributed by atoms with van der Waals surface area (Å²) >= 11 is 0. The molecule has 0 radical (unpaired) electrons. The SMILES string of the molecule is OC1CCC2CN(CC(F)(F)F)CC12. The highest BCUT2D eigenvalue weighted by Crippen LogP contribution is 2.38. The van der Waals surface area contributed by atoms with Crippen molar-refractivity contribution in [3.63, 3.8) is 0 Å². The predicted octanol–water partition coefficient (Wildman–Crippen LogP) is 1.25. The van der Waals surface area contributed by atoms with E-state index in [1.165, 1.54) is 4.90 Å². The number of hydrogen-bond acceptors (Lipinski definition) is 2. The summed E-state index contributed by atoms with van der Waals surface area (Å²) in [6.07, 6.45) is -2.85. The first-order valence-electron chi connectivity index (χ1n) is 4.93. The minimum Gasteiger partial charge on any atom is -0.393 e. The van der Waals surface area contributed by atoms with Crippen LogP contribution in [-0.2, 0) is 0 Å². The van der Waals surface area contributed by atoms with Gasteiger partial charge in [-0.3, -0.25) is 4.90 Å². The van der Waals surface area contributed by atoms with Crippen molar-refractivity contribution in [1.82, 2.24) is 4.90 Å². The summed E-state index contributed by atoms with van der Waals surface area (Å²) in [6.45, 7) is 0.0826. The van der Waals surface area contributed by atoms with Crippen LogP contribution in [0.2, 0.25) is 0 Å². The number of hydrogen-bond donors (Lipinski definition) is 1. The maximum absolute atomic E-state index is 12.1. The average molecular weight is 209 g/mol. The molecule has 1 heterocycles. The monoisotopic (exact) mass is 209 g/mol. The average Bonchev–Trinajstić information content (AvgIpc) is 2.51. The van der Waals surface area contributed by atoms with E-state index in [4.69, 9.17) is 0 Å². The van der Waals surface area contributed by atoms with E-state index in [-0.39, 0.29) is 17.9 Å². The molecular weight excluding hydrogens is 195 g/mol. The Bertz CT molecular complexity index is 219. The Kier molecular flexibility index (Phi) is 2.47. The fraction of sp³-hybridized carbons (Fsp3) is 1.00. The zero-order chi connectivity index (χ0) is 10.3. The van der Waals surface area contributed by atoms with Gasteiger partial charge in [0.05, 0.1) is 12.6 Å². The second-order valence-corrected chi connectivity index (χ2v) is 4.38. The van der Waals surface area contributed by atoms with Gasteiger partial charge >= 0.3 is 6.18 Å². The lowest BCUT2D eigenvalue weighted by Gasteiger charge is -2.19. The maximum Gasteiger partial charge on any atom is 0.401 e. The van der Waals surface area contributed by atoms with E-state index in [1.807, 2.05) is 0 Å². The van der Waals surface area contributed by atoms with Gasteiger partial charge in [0.2, 0.25) is 0 Å². The zero-order valence-electron chi connectivity index (χ0n) is 7.80. The van der Waals surface area contributed by atoms with Crippen molar-refractivity contribution in [3.05, 3.63) is 0 Å². The number of aliphatic hydroxyl groups is 1. The lowest BCUT2D eigenvalue weighted by atomic mass is 10.00. The number of likely N-dealkylation sites (tertiary alicyclic amines) is 1. The normalized spacial score (nSPS) is 39.0. The molecule has 0 bridgehead atoms. The molecule has 2 fully saturated rings. The molecule has 3 atom stereocenters. The summed E-state index contributed by atoms with van der Waals surface area (Å²) in [6, 6.07) is 0. The van der Waals surface area contributed by atoms with E-state index in [0.29, 0.717) is 13.1 Å². The maximum atomic E-state index is 12.1. The summed E-state index contributed by atoms with van der Waals surface area (Å²) in [5.41, 5.74) is 0. The third-order valence-electron chi connectivity index (χ3n) is 3.30. The molecule has 0 aromatic heterocycles. The van der Waals surface area contributed by atoms with Crippen molar-refractivity contribution < 1.29 is 18.3 Å². The Balaban J connectivity index is 1.90. The highest BCUT2D eigenvalue weighted by molar-refractivity contribution is 4.93. The van der Waals surface area contributed by atoms with Crippen LogP contribution in [-0.4, -0.2) is 41.9 Å². The first kappa shape index (κ1) is 10.2. The molecule has 2 rings (SSSR count). The number of aliphatic hydroxyl groups excluding tert-OH is 1. The van der Waals surface area contributed by atoms with Gasteiger partial charge in [-0.1, -0.05) is 0 Å². The van der Waals surface area contributed by atoms with Gasteiger partial charge in [-0.2, -0.15) is 13.2 Å². The van der Waals surface area contributed by atoms with E-state index >= 15 is 0 Å². The summed E-state index contributed by atoms with van der Waals surface area (Å²) in [7, 11) is 0. The molecule has 0 aromatic carbocycles. The highest BCUT2D eigenvalue weighted by atomic mass is 19.4. The first-order valence-corrected chi connectivity index (χ1v) is 4.93. The van der Waals surface area contributed by atoms with Crippen molar-refractivity contribution in [2.24, 2.45) is 11.8 Å². The fourth-order valence-corrected chi connectivity index (χ4v) is 2.71. The number of halogens is 3. The minimum absolute atomic E-state index is 0.0809. The van der Waals surface area contributed by atoms with Crippen LogP contribution in [0.5, 0.6) is 0 Å². The molecule has 1 saturated heterocycles. The largest absolute Gasteiger partial charge is 0.401 e. The molecule has 14 heavy (non-hydrogen) atoms. The van der Waals surface area contributed by atoms with E-state index < -0.39 is 12.7 Å². The van der Waals surface area contributed by atoms with Crippen LogP contribution in [0.4, 0.5) is 13.2 Å². The predicted molar refractivity (Wildman–Crippen MR) is 44.7 cm³/mol. The van der Waals surface area contributed by atoms with Gasteiger partial charge in [0.25, 0.3) is 0 Å². The lowest BCUT2D eigenvalue weighted by molar-refractivity contribution is -0.144. The van der Waals surface area contributed by atoms with Crippen LogP contribution in [0.1, 0.15) is 12.8 Å². The lowest BCUT2D eigenvalue weighted by Crippen LogP contribution is -2.34. The molecule has 1 saturated carbocycles. The van der Waals surface area contributed by atoms with Crippen LogP contribution < -0.4 is 0 Å². The molecule has 2 nitrogen and oxygen atoms in total. The molecule has 0 aromatic rings. The van der Waals surface area contributed by atoms with Crippen molar-refractivity contribution >= 4 is 0 Å². The molecule has 82 valence electrons. The van der Waals surface area contributed by atoms with Crippen LogP contribution in [0, 0.1) is 11.8 Å². The molecule has 2 aliphatic rings. The Morgan fingerprint density at radius 1 is 1.21 bits per heavy atom. The Morgan fingerprint density at radius 2 is 1.93 bits per heavy atom. The summed E-state index contributed by atoms with van der Waals surface area (Å²) in [5, 5.41) is 9.51. The van der Waals surface area contributed by atoms with Gasteiger partial charge in [0, 0.05) is 19.0 Å². The molecule has 1 aliphatic carbocycles. The Hall–Kier alpha value is -0.290. The topological polar surface area (TPSA) is 23.5 Å². The van der Waals surface area contributed by atoms with E-state index in [9.17, 15) is 18.3 Å². The van der Waals surface area contributed by atoms with Crippen molar-refractivity contribution in [3.8, 4) is 0 Å². The first-order chi connectivity index (χ1) is 6.46. The van der Waals surface area contributed by atoms with Gasteiger partial charge < -0.3 is 5.11 Å². The van der Waals surface area contributed by atoms with Crippen molar-refractivity contribution in [1.29, 1.82) is 0 Å². The molecular formula is C9H14F3NO. The van der Waals surface area contributed by atoms with Gasteiger partial charge in [-0.15, -0.1) is 0 Å². The second-order valence-electron chi connectivity index (χ2n) is 4.38. The van der Waals surface area contributed by atoms with Gasteiger partial charge in [-0.25, -0.2) is 0 Å². The van der Waals surface area contributed by atoms with Gasteiger partial charge in [0.15, 0.2) is 0 Å². The van der Waals surface area contributed by atoms with Crippen molar-refractivity contribution in [2.45, 2.75) is 25.1 Å². The van der Waals surface area contributed by atoms with Crippen LogP contribution >= 0.6 is 0 Å². The van der Waals surface area contributed by atoms with Crippen LogP contribution in [0.3, 0.4) is 0 Å². The highest BCUT2D eigenvalue weighted by Gasteiger charge is 2.44. The molecule has 3 unspecified atom stereocenters. The second kappa shape index (κ2) is 3.38. The van der Waals surface area contributed by atoms with Crippen LogP contribution in [0.15, 0.2) is 0 Å². The summed E-state index contributed by atoms with van der Waals surface area (Å²) in [5.74, 6) is 0.365. The van der Waals surface area contributed by atoms with E-state index in [1.54, 1.807) is 0 Å². The van der Waals surface area contributed by atoms with Gasteiger partial charge in [-0.05, 0) is 18.8 Å². The quantitative estimate of drug-likeness (QED) is 0.702. The number of fused-ring (bicyclic) bond motifs is 1. The molecule has 0 amide bonds. The number of alkyl halides is 3. The van der Waals surface area contributed by atoms with Crippen molar-refractivity contribution in [2.75, 3.05) is 19.6 Å². The third kappa shape index (κ3) is 2.03. The summed E-state index contributed by atoms with van der Waals surface area (Å²) < 4.78 is 36.2. The number of nitrogens with zero attached hydrogens (tertiary/aromatic N) is 1. The van der Waals surface area contributed by atoms with Crippen LogP contribution in [0.25, 0.3) is 0 Å². The standard InChI is InChI=1S/C9H14F3NO/c10-9(11,12)5-13-3-6-1-2-8(14)7(6)4-13/h6-8,14H,1-5H2. The minimum atomic E-state index is -4.11. The molecule has 1 aliphatic heterocycles. The Morgan fingerprint density at radius 3 is 2.50 bits per heavy atom. The zero-order valence-corrected chi connectivity index (χ0v) is 7.80. The molecule has 1 N–H and O–H groups in total. The Labute approximate surface area is 80.7 Å². The smallest absolute Gasteiger partial charge is 0.393 e. The van der Waals surface area contributed by atoms with E-state index in [2.05, 4.69) is 0 Å².